The third-order valence-electron chi connectivity index (χ3n) is 0.950. The number of rotatable bonds is 3. The Morgan fingerprint density at radius 1 is 1.55 bits per heavy atom. The van der Waals surface area contributed by atoms with E-state index in [1.165, 1.54) is 14.2 Å². The van der Waals surface area contributed by atoms with Gasteiger partial charge in [0.05, 0.1) is 6.26 Å². The van der Waals surface area contributed by atoms with E-state index < -0.39 is 6.29 Å². The fraction of sp³-hybridized carbons (Fsp3) is 0.500. The van der Waals surface area contributed by atoms with Crippen LogP contribution in [0.5, 0.6) is 0 Å². The first kappa shape index (κ1) is 13.5. The zero-order valence-corrected chi connectivity index (χ0v) is 5.87. The van der Waals surface area contributed by atoms with E-state index in [1.807, 2.05) is 0 Å². The summed E-state index contributed by atoms with van der Waals surface area (Å²) in [5.74, 6) is 0. The number of hydrogen-bond donors (Lipinski definition) is 1. The molecule has 0 spiro atoms. The molecule has 0 bridgehead atoms. The summed E-state index contributed by atoms with van der Waals surface area (Å²) in [6, 6.07) is 1.71. The second-order valence-corrected chi connectivity index (χ2v) is 1.50. The molecule has 0 heterocycles. The van der Waals surface area contributed by atoms with Gasteiger partial charge in [-0.25, -0.2) is 0 Å². The van der Waals surface area contributed by atoms with Crippen molar-refractivity contribution in [2.75, 3.05) is 14.2 Å². The van der Waals surface area contributed by atoms with E-state index in [2.05, 4.69) is 9.47 Å². The number of hydrogen-bond acceptors (Lipinski definition) is 4. The molecule has 0 aromatic heterocycles. The second-order valence-electron chi connectivity index (χ2n) is 1.50. The molecule has 0 aliphatic rings. The fourth-order valence-corrected chi connectivity index (χ4v) is 0.493. The Morgan fingerprint density at radius 2 is 2.00 bits per heavy atom. The van der Waals surface area contributed by atoms with E-state index in [0.717, 1.165) is 0 Å². The van der Waals surface area contributed by atoms with Gasteiger partial charge in [0, 0.05) is 14.2 Å². The van der Waals surface area contributed by atoms with Gasteiger partial charge in [0.25, 0.3) is 0 Å². The van der Waals surface area contributed by atoms with Gasteiger partial charge in [0.2, 0.25) is 0 Å². The second kappa shape index (κ2) is 8.05. The normalized spacial score (nSPS) is 10.5. The minimum absolute atomic E-state index is 0. The van der Waals surface area contributed by atoms with Crippen molar-refractivity contribution in [3.63, 3.8) is 0 Å². The van der Waals surface area contributed by atoms with E-state index in [9.17, 15) is 0 Å². The molecule has 0 atom stereocenters. The fourth-order valence-electron chi connectivity index (χ4n) is 0.493. The molecule has 5 heteroatoms. The average Bonchev–Trinajstić information content (AvgIpc) is 2.00. The molecule has 0 unspecified atom stereocenters. The average molecular weight is 167 g/mol. The van der Waals surface area contributed by atoms with Crippen LogP contribution in [0, 0.1) is 11.3 Å². The van der Waals surface area contributed by atoms with Gasteiger partial charge in [-0.2, -0.15) is 5.26 Å². The molecule has 0 aromatic rings. The summed E-state index contributed by atoms with van der Waals surface area (Å²) in [4.78, 5) is 0. The third-order valence-corrected chi connectivity index (χ3v) is 0.950. The van der Waals surface area contributed by atoms with Gasteiger partial charge in [-0.15, -0.1) is 0 Å². The summed E-state index contributed by atoms with van der Waals surface area (Å²) in [5.41, 5.74) is 0.0463. The molecule has 58 valence electrons. The number of nitriles is 1. The first-order valence-electron chi connectivity index (χ1n) is 2.60. The van der Waals surface area contributed by atoms with Gasteiger partial charge < -0.3 is 14.6 Å². The van der Waals surface area contributed by atoms with Crippen molar-refractivity contribution in [1.29, 1.82) is 5.26 Å². The predicted molar refractivity (Wildman–Crippen MR) is 41.3 cm³/mol. The van der Waals surface area contributed by atoms with E-state index in [4.69, 9.17) is 10.4 Å². The summed E-state index contributed by atoms with van der Waals surface area (Å²) in [5, 5.41) is 16.7. The van der Waals surface area contributed by atoms with Crippen LogP contribution in [0.25, 0.3) is 0 Å². The number of nitrogens with zero attached hydrogens (tertiary/aromatic N) is 1. The SMILES string of the molecule is COC(OC)/C(C#N)=C\O.[NaH]. The molecule has 0 radical (unpaired) electrons. The van der Waals surface area contributed by atoms with Crippen molar-refractivity contribution in [2.45, 2.75) is 6.29 Å². The zero-order chi connectivity index (χ0) is 7.98. The Bertz CT molecular complexity index is 160. The minimum atomic E-state index is -0.769. The summed E-state index contributed by atoms with van der Waals surface area (Å²) in [7, 11) is 2.77. The van der Waals surface area contributed by atoms with Gasteiger partial charge >= 0.3 is 29.6 Å². The molecule has 0 saturated heterocycles. The number of aliphatic hydroxyl groups is 1. The van der Waals surface area contributed by atoms with Crippen LogP contribution >= 0.6 is 0 Å². The maximum atomic E-state index is 8.41. The Labute approximate surface area is 87.7 Å². The van der Waals surface area contributed by atoms with Gasteiger partial charge in [0.15, 0.2) is 6.29 Å². The van der Waals surface area contributed by atoms with Crippen LogP contribution in [0.1, 0.15) is 0 Å². The van der Waals surface area contributed by atoms with Crippen molar-refractivity contribution in [2.24, 2.45) is 0 Å². The van der Waals surface area contributed by atoms with Crippen LogP contribution in [0.2, 0.25) is 0 Å². The summed E-state index contributed by atoms with van der Waals surface area (Å²) in [6.45, 7) is 0. The summed E-state index contributed by atoms with van der Waals surface area (Å²) < 4.78 is 9.34. The number of ether oxygens (including phenoxy) is 2. The monoisotopic (exact) mass is 167 g/mol. The Kier molecular flexibility index (Phi) is 9.90. The van der Waals surface area contributed by atoms with Gasteiger partial charge in [-0.3, -0.25) is 0 Å². The van der Waals surface area contributed by atoms with Crippen LogP contribution in [-0.4, -0.2) is 55.2 Å². The van der Waals surface area contributed by atoms with Crippen LogP contribution in [0.4, 0.5) is 0 Å². The van der Waals surface area contributed by atoms with Gasteiger partial charge in [-0.05, 0) is 0 Å². The summed E-state index contributed by atoms with van der Waals surface area (Å²) >= 11 is 0. The van der Waals surface area contributed by atoms with Crippen molar-refractivity contribution in [3.05, 3.63) is 11.8 Å². The van der Waals surface area contributed by atoms with Crippen LogP contribution in [0.3, 0.4) is 0 Å². The molecule has 4 nitrogen and oxygen atoms in total. The maximum absolute atomic E-state index is 8.41. The quantitative estimate of drug-likeness (QED) is 0.276. The van der Waals surface area contributed by atoms with Crippen molar-refractivity contribution in [1.82, 2.24) is 0 Å². The van der Waals surface area contributed by atoms with E-state index in [-0.39, 0.29) is 35.1 Å². The van der Waals surface area contributed by atoms with Gasteiger partial charge in [-0.1, -0.05) is 0 Å². The van der Waals surface area contributed by atoms with Crippen LogP contribution in [-0.2, 0) is 9.47 Å². The third kappa shape index (κ3) is 4.40. The van der Waals surface area contributed by atoms with E-state index in [1.54, 1.807) is 6.07 Å². The summed E-state index contributed by atoms with van der Waals surface area (Å²) in [6.07, 6.45) is -0.104. The molecule has 1 N–H and O–H groups in total. The zero-order valence-electron chi connectivity index (χ0n) is 5.87. The Balaban J connectivity index is 0. The Hall–Kier alpha value is -0.0500. The van der Waals surface area contributed by atoms with Crippen molar-refractivity contribution < 1.29 is 14.6 Å². The molecule has 11 heavy (non-hydrogen) atoms. The molecule has 0 saturated carbocycles. The molecular weight excluding hydrogens is 157 g/mol. The molecular formula is C6H10NNaO3. The molecule has 0 fully saturated rings. The molecule has 0 amide bonds. The Morgan fingerprint density at radius 3 is 2.09 bits per heavy atom. The van der Waals surface area contributed by atoms with E-state index in [0.29, 0.717) is 6.26 Å². The van der Waals surface area contributed by atoms with E-state index >= 15 is 0 Å². The van der Waals surface area contributed by atoms with Crippen LogP contribution < -0.4 is 0 Å². The standard InChI is InChI=1S/C6H9NO3.Na.H/c1-9-6(10-2)5(3-7)4-8;;/h4,6,8H,1-2H3;;/b5-4-;;. The van der Waals surface area contributed by atoms with Crippen molar-refractivity contribution in [3.8, 4) is 6.07 Å². The van der Waals surface area contributed by atoms with Crippen molar-refractivity contribution >= 4 is 29.6 Å². The molecule has 0 rings (SSSR count). The molecule has 0 aliphatic heterocycles. The van der Waals surface area contributed by atoms with Crippen LogP contribution in [0.15, 0.2) is 11.8 Å². The number of methoxy groups -OCH3 is 2. The predicted octanol–water partition coefficient (Wildman–Crippen LogP) is -0.0777. The first-order chi connectivity index (χ1) is 4.79. The first-order valence-corrected chi connectivity index (χ1v) is 2.60. The number of aliphatic hydroxyl groups excluding tert-OH is 1. The topological polar surface area (TPSA) is 62.5 Å². The molecule has 0 aliphatic carbocycles. The van der Waals surface area contributed by atoms with Gasteiger partial charge in [0.1, 0.15) is 11.6 Å². The molecule has 0 aromatic carbocycles.